The Kier molecular flexibility index (Phi) is 4.39. The highest BCUT2D eigenvalue weighted by atomic mass is 32.2. The topological polar surface area (TPSA) is 20.3 Å². The second kappa shape index (κ2) is 6.05. The van der Waals surface area contributed by atoms with Crippen molar-refractivity contribution >= 4 is 17.7 Å². The van der Waals surface area contributed by atoms with Gasteiger partial charge >= 0.3 is 0 Å². The van der Waals surface area contributed by atoms with Crippen LogP contribution in [0.1, 0.15) is 10.4 Å². The van der Waals surface area contributed by atoms with Crippen molar-refractivity contribution in [3.8, 4) is 0 Å². The molecule has 20 heavy (non-hydrogen) atoms. The van der Waals surface area contributed by atoms with Gasteiger partial charge in [0.2, 0.25) is 0 Å². The van der Waals surface area contributed by atoms with E-state index in [0.29, 0.717) is 15.4 Å². The van der Waals surface area contributed by atoms with E-state index in [2.05, 4.69) is 0 Å². The molecule has 0 atom stereocenters. The summed E-state index contributed by atoms with van der Waals surface area (Å²) in [6.07, 6.45) is 0. The van der Waals surface area contributed by atoms with E-state index in [0.717, 1.165) is 12.1 Å². The van der Waals surface area contributed by atoms with Crippen molar-refractivity contribution in [2.24, 2.45) is 0 Å². The molecule has 0 heterocycles. The van der Waals surface area contributed by atoms with Crippen LogP contribution in [0.3, 0.4) is 0 Å². The largest absolute Gasteiger partial charge is 0.345 e. The zero-order valence-electron chi connectivity index (χ0n) is 11.1. The van der Waals surface area contributed by atoms with Crippen molar-refractivity contribution in [3.63, 3.8) is 0 Å². The van der Waals surface area contributed by atoms with Gasteiger partial charge in [-0.05, 0) is 30.3 Å². The Bertz CT molecular complexity index is 644. The van der Waals surface area contributed by atoms with Crippen LogP contribution < -0.4 is 0 Å². The van der Waals surface area contributed by atoms with Gasteiger partial charge in [0.25, 0.3) is 5.91 Å². The molecule has 0 bridgehead atoms. The summed E-state index contributed by atoms with van der Waals surface area (Å²) in [5.41, 5.74) is 0.534. The number of benzene rings is 2. The molecule has 0 radical (unpaired) electrons. The highest BCUT2D eigenvalue weighted by Crippen LogP contribution is 2.31. The maximum absolute atomic E-state index is 13.2. The Balaban J connectivity index is 2.34. The molecule has 0 fully saturated rings. The number of nitrogens with zero attached hydrogens (tertiary/aromatic N) is 1. The van der Waals surface area contributed by atoms with Gasteiger partial charge in [-0.15, -0.1) is 0 Å². The Labute approximate surface area is 120 Å². The number of carbonyl (C=O) groups is 1. The molecule has 0 aromatic heterocycles. The lowest BCUT2D eigenvalue weighted by molar-refractivity contribution is 0.0824. The lowest BCUT2D eigenvalue weighted by Crippen LogP contribution is -2.22. The van der Waals surface area contributed by atoms with Crippen LogP contribution in [0.15, 0.2) is 52.3 Å². The molecule has 0 saturated heterocycles. The third kappa shape index (κ3) is 3.17. The molecule has 2 aromatic rings. The molecule has 0 spiro atoms. The minimum atomic E-state index is -0.897. The fourth-order valence-electron chi connectivity index (χ4n) is 1.64. The van der Waals surface area contributed by atoms with Crippen LogP contribution in [0.25, 0.3) is 0 Å². The van der Waals surface area contributed by atoms with Gasteiger partial charge in [-0.25, -0.2) is 8.78 Å². The summed E-state index contributed by atoms with van der Waals surface area (Å²) in [6, 6.07) is 10.7. The Morgan fingerprint density at radius 2 is 1.75 bits per heavy atom. The molecule has 5 heteroatoms. The van der Waals surface area contributed by atoms with Crippen LogP contribution in [-0.4, -0.2) is 24.9 Å². The molecule has 2 rings (SSSR count). The van der Waals surface area contributed by atoms with E-state index in [9.17, 15) is 13.6 Å². The summed E-state index contributed by atoms with van der Waals surface area (Å²) < 4.78 is 26.1. The first-order chi connectivity index (χ1) is 9.49. The minimum absolute atomic E-state index is 0.129. The summed E-state index contributed by atoms with van der Waals surface area (Å²) in [5.74, 6) is -1.91. The molecular formula is C15H13F2NOS. The average Bonchev–Trinajstić information content (AvgIpc) is 2.42. The lowest BCUT2D eigenvalue weighted by atomic mass is 10.2. The van der Waals surface area contributed by atoms with E-state index < -0.39 is 11.6 Å². The molecule has 0 aliphatic rings. The first-order valence-electron chi connectivity index (χ1n) is 5.92. The van der Waals surface area contributed by atoms with Gasteiger partial charge in [-0.1, -0.05) is 23.9 Å². The SMILES string of the molecule is CN(C)C(=O)c1ccccc1Sc1ccc(F)c(F)c1. The Morgan fingerprint density at radius 3 is 2.40 bits per heavy atom. The van der Waals surface area contributed by atoms with Crippen molar-refractivity contribution in [2.45, 2.75) is 9.79 Å². The van der Waals surface area contributed by atoms with Crippen LogP contribution in [0.4, 0.5) is 8.78 Å². The zero-order chi connectivity index (χ0) is 14.7. The standard InChI is InChI=1S/C15H13F2NOS/c1-18(2)15(19)11-5-3-4-6-14(11)20-10-7-8-12(16)13(17)9-10/h3-9H,1-2H3. The van der Waals surface area contributed by atoms with E-state index in [4.69, 9.17) is 0 Å². The molecule has 0 saturated carbocycles. The van der Waals surface area contributed by atoms with Crippen LogP contribution in [0, 0.1) is 11.6 Å². The quantitative estimate of drug-likeness (QED) is 0.857. The number of amides is 1. The maximum Gasteiger partial charge on any atom is 0.254 e. The van der Waals surface area contributed by atoms with Crippen molar-refractivity contribution in [1.82, 2.24) is 4.90 Å². The van der Waals surface area contributed by atoms with E-state index in [1.165, 1.54) is 22.7 Å². The van der Waals surface area contributed by atoms with Crippen molar-refractivity contribution in [2.75, 3.05) is 14.1 Å². The van der Waals surface area contributed by atoms with E-state index in [1.54, 1.807) is 38.4 Å². The molecule has 0 unspecified atom stereocenters. The smallest absolute Gasteiger partial charge is 0.254 e. The second-order valence-corrected chi connectivity index (χ2v) is 5.49. The van der Waals surface area contributed by atoms with Crippen molar-refractivity contribution < 1.29 is 13.6 Å². The maximum atomic E-state index is 13.2. The first-order valence-corrected chi connectivity index (χ1v) is 6.74. The highest BCUT2D eigenvalue weighted by molar-refractivity contribution is 7.99. The highest BCUT2D eigenvalue weighted by Gasteiger charge is 2.14. The first kappa shape index (κ1) is 14.5. The molecular weight excluding hydrogens is 280 g/mol. The number of carbonyl (C=O) groups excluding carboxylic acids is 1. The summed E-state index contributed by atoms with van der Waals surface area (Å²) in [5, 5.41) is 0. The van der Waals surface area contributed by atoms with Crippen molar-refractivity contribution in [1.29, 1.82) is 0 Å². The predicted molar refractivity (Wildman–Crippen MR) is 74.9 cm³/mol. The molecule has 0 aliphatic heterocycles. The fourth-order valence-corrected chi connectivity index (χ4v) is 2.60. The number of hydrogen-bond donors (Lipinski definition) is 0. The van der Waals surface area contributed by atoms with Gasteiger partial charge in [0, 0.05) is 23.9 Å². The molecule has 0 N–H and O–H groups in total. The van der Waals surface area contributed by atoms with E-state index in [1.807, 2.05) is 0 Å². The van der Waals surface area contributed by atoms with E-state index in [-0.39, 0.29) is 5.91 Å². The van der Waals surface area contributed by atoms with E-state index >= 15 is 0 Å². The third-order valence-corrected chi connectivity index (χ3v) is 3.71. The second-order valence-electron chi connectivity index (χ2n) is 4.37. The third-order valence-electron chi connectivity index (χ3n) is 2.64. The van der Waals surface area contributed by atoms with Gasteiger partial charge in [0.15, 0.2) is 11.6 Å². The summed E-state index contributed by atoms with van der Waals surface area (Å²) >= 11 is 1.23. The Morgan fingerprint density at radius 1 is 1.05 bits per heavy atom. The van der Waals surface area contributed by atoms with Gasteiger partial charge in [0.1, 0.15) is 0 Å². The summed E-state index contributed by atoms with van der Waals surface area (Å²) in [7, 11) is 3.34. The predicted octanol–water partition coefficient (Wildman–Crippen LogP) is 3.82. The molecule has 0 aliphatic carbocycles. The van der Waals surface area contributed by atoms with Crippen LogP contribution in [0.2, 0.25) is 0 Å². The van der Waals surface area contributed by atoms with Crippen LogP contribution in [0.5, 0.6) is 0 Å². The zero-order valence-corrected chi connectivity index (χ0v) is 11.9. The molecule has 2 nitrogen and oxygen atoms in total. The molecule has 2 aromatic carbocycles. The number of halogens is 2. The Hall–Kier alpha value is -1.88. The summed E-state index contributed by atoms with van der Waals surface area (Å²) in [6.45, 7) is 0. The molecule has 1 amide bonds. The van der Waals surface area contributed by atoms with Gasteiger partial charge in [-0.3, -0.25) is 4.79 Å². The summed E-state index contributed by atoms with van der Waals surface area (Å²) in [4.78, 5) is 14.8. The van der Waals surface area contributed by atoms with Gasteiger partial charge in [-0.2, -0.15) is 0 Å². The molecule has 104 valence electrons. The monoisotopic (exact) mass is 293 g/mol. The minimum Gasteiger partial charge on any atom is -0.345 e. The number of rotatable bonds is 3. The normalized spacial score (nSPS) is 10.4. The van der Waals surface area contributed by atoms with Gasteiger partial charge < -0.3 is 4.90 Å². The lowest BCUT2D eigenvalue weighted by Gasteiger charge is -2.13. The van der Waals surface area contributed by atoms with Crippen molar-refractivity contribution in [3.05, 3.63) is 59.7 Å². The fraction of sp³-hybridized carbons (Fsp3) is 0.133. The van der Waals surface area contributed by atoms with Gasteiger partial charge in [0.05, 0.1) is 5.56 Å². The number of hydrogen-bond acceptors (Lipinski definition) is 2. The average molecular weight is 293 g/mol. The van der Waals surface area contributed by atoms with Crippen LogP contribution >= 0.6 is 11.8 Å². The van der Waals surface area contributed by atoms with Crippen LogP contribution in [-0.2, 0) is 0 Å².